The van der Waals surface area contributed by atoms with Crippen LogP contribution in [0.5, 0.6) is 0 Å². The lowest BCUT2D eigenvalue weighted by atomic mass is 9.95. The van der Waals surface area contributed by atoms with Crippen molar-refractivity contribution in [1.29, 1.82) is 0 Å². The maximum Gasteiger partial charge on any atom is 0.396 e. The monoisotopic (exact) mass is 440 g/mol. The molecule has 2 aromatic rings. The van der Waals surface area contributed by atoms with Crippen molar-refractivity contribution in [1.82, 2.24) is 10.6 Å². The van der Waals surface area contributed by atoms with E-state index in [4.69, 9.17) is 0 Å². The first-order chi connectivity index (χ1) is 14.0. The first-order valence-corrected chi connectivity index (χ1v) is 11.5. The van der Waals surface area contributed by atoms with Crippen molar-refractivity contribution >= 4 is 15.7 Å². The molecule has 30 heavy (non-hydrogen) atoms. The highest BCUT2D eigenvalue weighted by Gasteiger charge is 2.42. The van der Waals surface area contributed by atoms with Crippen LogP contribution < -0.4 is 10.6 Å². The summed E-state index contributed by atoms with van der Waals surface area (Å²) < 4.78 is 62.6. The highest BCUT2D eigenvalue weighted by atomic mass is 32.2. The van der Waals surface area contributed by atoms with Crippen LogP contribution in [0.25, 0.3) is 0 Å². The van der Waals surface area contributed by atoms with Gasteiger partial charge in [0.2, 0.25) is 0 Å². The number of benzene rings is 2. The molecule has 2 atom stereocenters. The molecule has 2 N–H and O–H groups in total. The molecule has 162 valence electrons. The molecule has 9 heteroatoms. The number of amides is 1. The molecule has 0 saturated heterocycles. The normalized spacial score (nSPS) is 17.9. The van der Waals surface area contributed by atoms with Gasteiger partial charge in [0.25, 0.3) is 5.91 Å². The zero-order chi connectivity index (χ0) is 21.9. The molecule has 1 aliphatic rings. The summed E-state index contributed by atoms with van der Waals surface area (Å²) in [4.78, 5) is 12.1. The molecule has 0 spiro atoms. The van der Waals surface area contributed by atoms with E-state index in [-0.39, 0.29) is 17.5 Å². The van der Waals surface area contributed by atoms with Crippen LogP contribution in [0.3, 0.4) is 0 Å². The fraction of sp³-hybridized carbons (Fsp3) is 0.381. The van der Waals surface area contributed by atoms with Crippen molar-refractivity contribution in [2.75, 3.05) is 18.6 Å². The second-order valence-electron chi connectivity index (χ2n) is 7.59. The third-order valence-electron chi connectivity index (χ3n) is 5.03. The molecule has 1 unspecified atom stereocenters. The predicted molar refractivity (Wildman–Crippen MR) is 108 cm³/mol. The number of hydrogen-bond donors (Lipinski definition) is 2. The lowest BCUT2D eigenvalue weighted by Gasteiger charge is -2.26. The molecular weight excluding hydrogens is 417 g/mol. The number of halogens is 3. The number of sulfone groups is 1. The first kappa shape index (κ1) is 22.3. The average Bonchev–Trinajstić information content (AvgIpc) is 2.65. The number of rotatable bonds is 7. The summed E-state index contributed by atoms with van der Waals surface area (Å²) in [7, 11) is -3.78. The minimum Gasteiger partial charge on any atom is -0.348 e. The number of hydrogen-bond acceptors (Lipinski definition) is 4. The van der Waals surface area contributed by atoms with Crippen LogP contribution in [0.15, 0.2) is 48.5 Å². The first-order valence-electron chi connectivity index (χ1n) is 9.46. The predicted octanol–water partition coefficient (Wildman–Crippen LogP) is 2.82. The molecule has 1 amide bonds. The highest BCUT2D eigenvalue weighted by Crippen LogP contribution is 2.35. The molecule has 0 aliphatic carbocycles. The minimum atomic E-state index is -4.64. The fourth-order valence-electron chi connectivity index (χ4n) is 3.56. The van der Waals surface area contributed by atoms with E-state index in [1.807, 2.05) is 18.2 Å². The zero-order valence-corrected chi connectivity index (χ0v) is 17.2. The molecule has 2 aromatic carbocycles. The van der Waals surface area contributed by atoms with Crippen molar-refractivity contribution in [3.05, 3.63) is 70.8 Å². The number of fused-ring (bicyclic) bond motifs is 1. The maximum atomic E-state index is 13.3. The van der Waals surface area contributed by atoms with E-state index in [0.717, 1.165) is 17.4 Å². The Labute approximate surface area is 173 Å². The lowest BCUT2D eigenvalue weighted by molar-refractivity contribution is -0.145. The molecule has 0 aromatic heterocycles. The summed E-state index contributed by atoms with van der Waals surface area (Å²) in [6.07, 6.45) is -3.14. The third-order valence-corrected chi connectivity index (χ3v) is 5.97. The Morgan fingerprint density at radius 2 is 1.80 bits per heavy atom. The SMILES string of the molecule is CS(=O)(=O)C[C@@H](c1ccc(CNCC2Cc3ccccc3C(=O)N2)cc1)C(F)(F)F. The number of alkyl halides is 3. The molecule has 0 radical (unpaired) electrons. The van der Waals surface area contributed by atoms with E-state index in [1.54, 1.807) is 18.2 Å². The topological polar surface area (TPSA) is 75.3 Å². The van der Waals surface area contributed by atoms with Gasteiger partial charge in [0, 0.05) is 31.0 Å². The van der Waals surface area contributed by atoms with Gasteiger partial charge in [0.05, 0.1) is 11.7 Å². The van der Waals surface area contributed by atoms with Crippen molar-refractivity contribution in [2.45, 2.75) is 31.1 Å². The number of nitrogens with one attached hydrogen (secondary N) is 2. The van der Waals surface area contributed by atoms with Gasteiger partial charge in [-0.3, -0.25) is 4.79 Å². The zero-order valence-electron chi connectivity index (χ0n) is 16.4. The van der Waals surface area contributed by atoms with Crippen molar-refractivity contribution in [2.24, 2.45) is 0 Å². The summed E-state index contributed by atoms with van der Waals surface area (Å²) in [5, 5.41) is 6.14. The van der Waals surface area contributed by atoms with Gasteiger partial charge in [-0.05, 0) is 29.2 Å². The van der Waals surface area contributed by atoms with Crippen LogP contribution in [0.2, 0.25) is 0 Å². The quantitative estimate of drug-likeness (QED) is 0.694. The van der Waals surface area contributed by atoms with Gasteiger partial charge in [-0.25, -0.2) is 8.42 Å². The van der Waals surface area contributed by atoms with Crippen molar-refractivity contribution in [3.63, 3.8) is 0 Å². The third kappa shape index (κ3) is 5.82. The Bertz CT molecular complexity index is 1000. The molecule has 3 rings (SSSR count). The molecule has 0 saturated carbocycles. The summed E-state index contributed by atoms with van der Waals surface area (Å²) >= 11 is 0. The van der Waals surface area contributed by atoms with Gasteiger partial charge in [0.15, 0.2) is 0 Å². The molecule has 1 heterocycles. The lowest BCUT2D eigenvalue weighted by Crippen LogP contribution is -2.46. The van der Waals surface area contributed by atoms with Crippen molar-refractivity contribution < 1.29 is 26.4 Å². The summed E-state index contributed by atoms with van der Waals surface area (Å²) in [5.74, 6) is -3.14. The van der Waals surface area contributed by atoms with Crippen LogP contribution >= 0.6 is 0 Å². The van der Waals surface area contributed by atoms with Crippen molar-refractivity contribution in [3.8, 4) is 0 Å². The fourth-order valence-corrected chi connectivity index (χ4v) is 4.55. The minimum absolute atomic E-state index is 0.0731. The molecular formula is C21H23F3N2O3S. The second kappa shape index (κ2) is 8.77. The van der Waals surface area contributed by atoms with Crippen LogP contribution in [0.1, 0.15) is 33.0 Å². The van der Waals surface area contributed by atoms with Gasteiger partial charge >= 0.3 is 6.18 Å². The van der Waals surface area contributed by atoms with Crippen LogP contribution in [0, 0.1) is 0 Å². The molecule has 0 fully saturated rings. The summed E-state index contributed by atoms with van der Waals surface area (Å²) in [6, 6.07) is 13.1. The van der Waals surface area contributed by atoms with E-state index in [2.05, 4.69) is 10.6 Å². The van der Waals surface area contributed by atoms with Crippen LogP contribution in [-0.2, 0) is 22.8 Å². The van der Waals surface area contributed by atoms with Gasteiger partial charge < -0.3 is 10.6 Å². The molecule has 5 nitrogen and oxygen atoms in total. The molecule has 1 aliphatic heterocycles. The average molecular weight is 440 g/mol. The number of carbonyl (C=O) groups excluding carboxylic acids is 1. The standard InChI is InChI=1S/C21H23F3N2O3S/c1-30(28,29)13-19(21(22,23)24)15-8-6-14(7-9-15)11-25-12-17-10-16-4-2-3-5-18(16)20(27)26-17/h2-9,17,19,25H,10-13H2,1H3,(H,26,27)/t17?,19-/m0/s1. The van der Waals surface area contributed by atoms with E-state index in [9.17, 15) is 26.4 Å². The van der Waals surface area contributed by atoms with Crippen LogP contribution in [0.4, 0.5) is 13.2 Å². The van der Waals surface area contributed by atoms with E-state index in [0.29, 0.717) is 25.1 Å². The van der Waals surface area contributed by atoms with Crippen LogP contribution in [-0.4, -0.2) is 45.1 Å². The Morgan fingerprint density at radius 1 is 1.13 bits per heavy atom. The Balaban J connectivity index is 1.58. The maximum absolute atomic E-state index is 13.3. The largest absolute Gasteiger partial charge is 0.396 e. The highest BCUT2D eigenvalue weighted by molar-refractivity contribution is 7.90. The Hall–Kier alpha value is -2.39. The van der Waals surface area contributed by atoms with Gasteiger partial charge in [0.1, 0.15) is 9.84 Å². The summed E-state index contributed by atoms with van der Waals surface area (Å²) in [6.45, 7) is 0.929. The van der Waals surface area contributed by atoms with E-state index < -0.39 is 27.7 Å². The molecule has 0 bridgehead atoms. The summed E-state index contributed by atoms with van der Waals surface area (Å²) in [5.41, 5.74) is 2.36. The Morgan fingerprint density at radius 3 is 2.43 bits per heavy atom. The Kier molecular flexibility index (Phi) is 6.52. The van der Waals surface area contributed by atoms with E-state index >= 15 is 0 Å². The smallest absolute Gasteiger partial charge is 0.348 e. The van der Waals surface area contributed by atoms with Gasteiger partial charge in [-0.2, -0.15) is 13.2 Å². The van der Waals surface area contributed by atoms with E-state index in [1.165, 1.54) is 12.1 Å². The second-order valence-corrected chi connectivity index (χ2v) is 9.78. The number of carbonyl (C=O) groups is 1. The van der Waals surface area contributed by atoms with Gasteiger partial charge in [-0.15, -0.1) is 0 Å². The van der Waals surface area contributed by atoms with Gasteiger partial charge in [-0.1, -0.05) is 42.5 Å².